The van der Waals surface area contributed by atoms with Gasteiger partial charge in [-0.25, -0.2) is 9.37 Å². The summed E-state index contributed by atoms with van der Waals surface area (Å²) >= 11 is 1.52. The standard InChI is InChI=1S/C23H24FN3OS/c1-2-16-8-10-17(11-9-16)23-25-18(15-29-23)14-21(28)26-22-19(24)6-5-7-20(22)27-12-3-4-13-27/h5-11,15H,2-4,12-14H2,1H3,(H,26,28). The summed E-state index contributed by atoms with van der Waals surface area (Å²) < 4.78 is 14.4. The highest BCUT2D eigenvalue weighted by Crippen LogP contribution is 2.31. The second-order valence-corrected chi connectivity index (χ2v) is 8.11. The molecule has 2 heterocycles. The van der Waals surface area contributed by atoms with Crippen LogP contribution in [0.15, 0.2) is 47.8 Å². The number of rotatable bonds is 6. The fraction of sp³-hybridized carbons (Fsp3) is 0.304. The van der Waals surface area contributed by atoms with Gasteiger partial charge in [0.15, 0.2) is 0 Å². The molecule has 0 bridgehead atoms. The van der Waals surface area contributed by atoms with Crippen LogP contribution >= 0.6 is 11.3 Å². The molecule has 4 rings (SSSR count). The van der Waals surface area contributed by atoms with Gasteiger partial charge in [0.25, 0.3) is 0 Å². The Morgan fingerprint density at radius 2 is 1.93 bits per heavy atom. The smallest absolute Gasteiger partial charge is 0.230 e. The molecule has 1 aliphatic rings. The molecule has 1 N–H and O–H groups in total. The summed E-state index contributed by atoms with van der Waals surface area (Å²) in [6, 6.07) is 13.3. The number of carbonyl (C=O) groups excluding carboxylic acids is 1. The number of aryl methyl sites for hydroxylation is 1. The van der Waals surface area contributed by atoms with Gasteiger partial charge in [-0.1, -0.05) is 37.3 Å². The van der Waals surface area contributed by atoms with E-state index in [2.05, 4.69) is 46.4 Å². The first-order chi connectivity index (χ1) is 14.1. The first kappa shape index (κ1) is 19.6. The first-order valence-corrected chi connectivity index (χ1v) is 10.9. The highest BCUT2D eigenvalue weighted by Gasteiger charge is 2.20. The number of hydrogen-bond donors (Lipinski definition) is 1. The topological polar surface area (TPSA) is 45.2 Å². The molecule has 1 fully saturated rings. The molecule has 1 aliphatic heterocycles. The van der Waals surface area contributed by atoms with Gasteiger partial charge in [-0.2, -0.15) is 0 Å². The molecule has 0 saturated carbocycles. The Morgan fingerprint density at radius 3 is 2.66 bits per heavy atom. The lowest BCUT2D eigenvalue weighted by atomic mass is 10.1. The predicted molar refractivity (Wildman–Crippen MR) is 117 cm³/mol. The minimum Gasteiger partial charge on any atom is -0.370 e. The molecule has 0 unspecified atom stereocenters. The lowest BCUT2D eigenvalue weighted by Crippen LogP contribution is -2.22. The predicted octanol–water partition coefficient (Wildman–Crippen LogP) is 5.29. The maximum Gasteiger partial charge on any atom is 0.230 e. The van der Waals surface area contributed by atoms with Gasteiger partial charge in [0.1, 0.15) is 16.5 Å². The zero-order valence-electron chi connectivity index (χ0n) is 16.5. The van der Waals surface area contributed by atoms with E-state index in [1.807, 2.05) is 11.4 Å². The highest BCUT2D eigenvalue weighted by atomic mass is 32.1. The van der Waals surface area contributed by atoms with E-state index in [0.717, 1.165) is 48.6 Å². The van der Waals surface area contributed by atoms with E-state index in [9.17, 15) is 9.18 Å². The number of anilines is 2. The monoisotopic (exact) mass is 409 g/mol. The Bertz CT molecular complexity index is 994. The van der Waals surface area contributed by atoms with Crippen LogP contribution in [0.4, 0.5) is 15.8 Å². The van der Waals surface area contributed by atoms with Crippen LogP contribution in [0.2, 0.25) is 0 Å². The van der Waals surface area contributed by atoms with Gasteiger partial charge in [-0.3, -0.25) is 4.79 Å². The van der Waals surface area contributed by atoms with Crippen molar-refractivity contribution in [3.05, 3.63) is 64.9 Å². The summed E-state index contributed by atoms with van der Waals surface area (Å²) in [7, 11) is 0. The average molecular weight is 410 g/mol. The van der Waals surface area contributed by atoms with E-state index in [1.54, 1.807) is 6.07 Å². The third-order valence-electron chi connectivity index (χ3n) is 5.21. The lowest BCUT2D eigenvalue weighted by Gasteiger charge is -2.21. The Kier molecular flexibility index (Phi) is 5.90. The van der Waals surface area contributed by atoms with Crippen molar-refractivity contribution in [1.29, 1.82) is 0 Å². The minimum atomic E-state index is -0.405. The van der Waals surface area contributed by atoms with E-state index in [-0.39, 0.29) is 18.0 Å². The molecular weight excluding hydrogens is 385 g/mol. The maximum atomic E-state index is 14.4. The Labute approximate surface area is 174 Å². The number of nitrogens with one attached hydrogen (secondary N) is 1. The van der Waals surface area contributed by atoms with Gasteiger partial charge in [0, 0.05) is 24.0 Å². The quantitative estimate of drug-likeness (QED) is 0.601. The molecule has 1 amide bonds. The van der Waals surface area contributed by atoms with Crippen molar-refractivity contribution in [3.8, 4) is 10.6 Å². The van der Waals surface area contributed by atoms with Crippen LogP contribution in [0.3, 0.4) is 0 Å². The van der Waals surface area contributed by atoms with Gasteiger partial charge in [-0.15, -0.1) is 11.3 Å². The Balaban J connectivity index is 1.46. The fourth-order valence-corrected chi connectivity index (χ4v) is 4.44. The molecule has 3 aromatic rings. The maximum absolute atomic E-state index is 14.4. The van der Waals surface area contributed by atoms with Crippen LogP contribution < -0.4 is 10.2 Å². The molecule has 0 aliphatic carbocycles. The van der Waals surface area contributed by atoms with Crippen molar-refractivity contribution in [2.45, 2.75) is 32.6 Å². The van der Waals surface area contributed by atoms with Crippen molar-refractivity contribution in [2.75, 3.05) is 23.3 Å². The van der Waals surface area contributed by atoms with Gasteiger partial charge in [0.2, 0.25) is 5.91 Å². The number of hydrogen-bond acceptors (Lipinski definition) is 4. The first-order valence-electron chi connectivity index (χ1n) is 10.0. The largest absolute Gasteiger partial charge is 0.370 e. The second kappa shape index (κ2) is 8.74. The summed E-state index contributed by atoms with van der Waals surface area (Å²) in [5.74, 6) is -0.661. The molecule has 0 spiro atoms. The van der Waals surface area contributed by atoms with Gasteiger partial charge in [0.05, 0.1) is 17.8 Å². The molecule has 29 heavy (non-hydrogen) atoms. The van der Waals surface area contributed by atoms with Gasteiger partial charge >= 0.3 is 0 Å². The summed E-state index contributed by atoms with van der Waals surface area (Å²) in [6.07, 6.45) is 3.30. The van der Waals surface area contributed by atoms with Crippen LogP contribution in [0.5, 0.6) is 0 Å². The highest BCUT2D eigenvalue weighted by molar-refractivity contribution is 7.13. The zero-order valence-corrected chi connectivity index (χ0v) is 17.3. The Hall–Kier alpha value is -2.73. The fourth-order valence-electron chi connectivity index (χ4n) is 3.61. The van der Waals surface area contributed by atoms with Crippen molar-refractivity contribution >= 4 is 28.6 Å². The number of nitrogens with zero attached hydrogens (tertiary/aromatic N) is 2. The van der Waals surface area contributed by atoms with Gasteiger partial charge < -0.3 is 10.2 Å². The summed E-state index contributed by atoms with van der Waals surface area (Å²) in [5.41, 5.74) is 4.05. The molecule has 150 valence electrons. The molecule has 4 nitrogen and oxygen atoms in total. The van der Waals surface area contributed by atoms with Crippen LogP contribution in [0.1, 0.15) is 31.0 Å². The number of benzene rings is 2. The van der Waals surface area contributed by atoms with Crippen molar-refractivity contribution in [1.82, 2.24) is 4.98 Å². The zero-order chi connectivity index (χ0) is 20.2. The summed E-state index contributed by atoms with van der Waals surface area (Å²) in [5, 5.41) is 5.56. The molecule has 0 atom stereocenters. The Morgan fingerprint density at radius 1 is 1.17 bits per heavy atom. The molecule has 1 saturated heterocycles. The van der Waals surface area contributed by atoms with Crippen LogP contribution in [-0.4, -0.2) is 24.0 Å². The molecule has 6 heteroatoms. The van der Waals surface area contributed by atoms with E-state index in [1.165, 1.54) is 23.0 Å². The molecular formula is C23H24FN3OS. The molecule has 1 aromatic heterocycles. The van der Waals surface area contributed by atoms with Crippen molar-refractivity contribution in [2.24, 2.45) is 0 Å². The third-order valence-corrected chi connectivity index (χ3v) is 6.15. The third kappa shape index (κ3) is 4.48. The molecule has 2 aromatic carbocycles. The van der Waals surface area contributed by atoms with E-state index >= 15 is 0 Å². The summed E-state index contributed by atoms with van der Waals surface area (Å²) in [6.45, 7) is 3.90. The lowest BCUT2D eigenvalue weighted by molar-refractivity contribution is -0.115. The normalized spacial score (nSPS) is 13.7. The molecule has 0 radical (unpaired) electrons. The van der Waals surface area contributed by atoms with E-state index in [4.69, 9.17) is 0 Å². The SMILES string of the molecule is CCc1ccc(-c2nc(CC(=O)Nc3c(F)cccc3N3CCCC3)cs2)cc1. The van der Waals surface area contributed by atoms with E-state index < -0.39 is 5.82 Å². The van der Waals surface area contributed by atoms with Crippen molar-refractivity contribution < 1.29 is 9.18 Å². The number of para-hydroxylation sites is 1. The summed E-state index contributed by atoms with van der Waals surface area (Å²) in [4.78, 5) is 19.3. The average Bonchev–Trinajstić information content (AvgIpc) is 3.42. The van der Waals surface area contributed by atoms with Crippen molar-refractivity contribution in [3.63, 3.8) is 0 Å². The van der Waals surface area contributed by atoms with Crippen LogP contribution in [-0.2, 0) is 17.6 Å². The number of halogens is 1. The minimum absolute atomic E-state index is 0.122. The second-order valence-electron chi connectivity index (χ2n) is 7.25. The van der Waals surface area contributed by atoms with Gasteiger partial charge in [-0.05, 0) is 37.0 Å². The number of carbonyl (C=O) groups is 1. The number of aromatic nitrogens is 1. The van der Waals surface area contributed by atoms with E-state index in [0.29, 0.717) is 5.69 Å². The van der Waals surface area contributed by atoms with Crippen LogP contribution in [0.25, 0.3) is 10.6 Å². The number of thiazole rings is 1. The van der Waals surface area contributed by atoms with Crippen LogP contribution in [0, 0.1) is 5.82 Å². The number of amides is 1.